The zero-order chi connectivity index (χ0) is 17.3. The highest BCUT2D eigenvalue weighted by atomic mass is 19.3. The van der Waals surface area contributed by atoms with Crippen molar-refractivity contribution in [1.82, 2.24) is 9.80 Å². The first-order valence-electron chi connectivity index (χ1n) is 8.09. The van der Waals surface area contributed by atoms with Crippen molar-refractivity contribution < 1.29 is 23.1 Å². The third-order valence-electron chi connectivity index (χ3n) is 4.64. The van der Waals surface area contributed by atoms with Crippen molar-refractivity contribution in [3.05, 3.63) is 29.8 Å². The Labute approximate surface area is 139 Å². The Bertz CT molecular complexity index is 630. The molecule has 0 N–H and O–H groups in total. The summed E-state index contributed by atoms with van der Waals surface area (Å²) in [5.41, 5.74) is 0.119. The van der Waals surface area contributed by atoms with Gasteiger partial charge in [0.15, 0.2) is 0 Å². The van der Waals surface area contributed by atoms with Crippen LogP contribution in [0.25, 0.3) is 0 Å². The van der Waals surface area contributed by atoms with E-state index in [0.717, 1.165) is 6.42 Å². The highest BCUT2D eigenvalue weighted by Gasteiger charge is 2.42. The van der Waals surface area contributed by atoms with Gasteiger partial charge in [0.2, 0.25) is 5.91 Å². The van der Waals surface area contributed by atoms with Crippen LogP contribution in [-0.2, 0) is 4.79 Å². The molecule has 3 rings (SSSR count). The highest BCUT2D eigenvalue weighted by Crippen LogP contribution is 2.39. The molecule has 1 saturated heterocycles. The van der Waals surface area contributed by atoms with Gasteiger partial charge in [0.1, 0.15) is 5.75 Å². The molecule has 2 aliphatic rings. The third kappa shape index (κ3) is 3.49. The van der Waals surface area contributed by atoms with Crippen LogP contribution in [-0.4, -0.2) is 54.4 Å². The minimum Gasteiger partial charge on any atom is -0.434 e. The Morgan fingerprint density at radius 2 is 1.71 bits per heavy atom. The minimum absolute atomic E-state index is 0.119. The Morgan fingerprint density at radius 3 is 2.29 bits per heavy atom. The van der Waals surface area contributed by atoms with Crippen LogP contribution in [0.5, 0.6) is 5.75 Å². The van der Waals surface area contributed by atoms with Gasteiger partial charge in [-0.05, 0) is 24.5 Å². The van der Waals surface area contributed by atoms with E-state index in [0.29, 0.717) is 32.1 Å². The number of benzene rings is 1. The average molecular weight is 338 g/mol. The zero-order valence-electron chi connectivity index (χ0n) is 13.5. The van der Waals surface area contributed by atoms with Gasteiger partial charge in [0.25, 0.3) is 5.91 Å². The lowest BCUT2D eigenvalue weighted by Crippen LogP contribution is -2.51. The van der Waals surface area contributed by atoms with Crippen LogP contribution in [0, 0.1) is 11.8 Å². The largest absolute Gasteiger partial charge is 0.434 e. The van der Waals surface area contributed by atoms with Gasteiger partial charge in [0, 0.05) is 32.1 Å². The summed E-state index contributed by atoms with van der Waals surface area (Å²) in [6.45, 7) is 0.831. The van der Waals surface area contributed by atoms with Crippen LogP contribution in [0.1, 0.15) is 23.7 Å². The van der Waals surface area contributed by atoms with Gasteiger partial charge in [-0.25, -0.2) is 0 Å². The van der Waals surface area contributed by atoms with Crippen molar-refractivity contribution in [3.8, 4) is 5.75 Å². The van der Waals surface area contributed by atoms with Gasteiger partial charge in [-0.2, -0.15) is 8.78 Å². The maximum Gasteiger partial charge on any atom is 0.387 e. The number of hydrogen-bond donors (Lipinski definition) is 0. The molecule has 1 heterocycles. The Kier molecular flexibility index (Phi) is 4.69. The molecule has 5 nitrogen and oxygen atoms in total. The number of carbonyl (C=O) groups excluding carboxylic acids is 2. The van der Waals surface area contributed by atoms with Crippen molar-refractivity contribution in [3.63, 3.8) is 0 Å². The predicted octanol–water partition coefficient (Wildman–Crippen LogP) is 2.23. The molecule has 1 aromatic carbocycles. The summed E-state index contributed by atoms with van der Waals surface area (Å²) < 4.78 is 29.4. The van der Waals surface area contributed by atoms with Gasteiger partial charge in [-0.3, -0.25) is 9.59 Å². The van der Waals surface area contributed by atoms with Crippen LogP contribution in [0.15, 0.2) is 24.3 Å². The quantitative estimate of drug-likeness (QED) is 0.846. The Balaban J connectivity index is 1.62. The molecule has 1 aliphatic heterocycles. The number of amides is 2. The number of halogens is 2. The highest BCUT2D eigenvalue weighted by molar-refractivity contribution is 5.97. The van der Waals surface area contributed by atoms with Crippen molar-refractivity contribution in [2.45, 2.75) is 20.0 Å². The summed E-state index contributed by atoms with van der Waals surface area (Å²) >= 11 is 0. The summed E-state index contributed by atoms with van der Waals surface area (Å²) in [5.74, 6) is 0.278. The predicted molar refractivity (Wildman–Crippen MR) is 82.8 cm³/mol. The summed E-state index contributed by atoms with van der Waals surface area (Å²) in [6, 6.07) is 5.98. The van der Waals surface area contributed by atoms with Gasteiger partial charge < -0.3 is 14.5 Å². The van der Waals surface area contributed by atoms with Gasteiger partial charge in [-0.15, -0.1) is 0 Å². The zero-order valence-corrected chi connectivity index (χ0v) is 13.5. The SMILES string of the molecule is CC1CC1C(=O)N1CCN(C(=O)c2ccccc2OC(F)F)CC1. The summed E-state index contributed by atoms with van der Waals surface area (Å²) in [5, 5.41) is 0. The number of rotatable bonds is 4. The van der Waals surface area contributed by atoms with E-state index in [1.165, 1.54) is 12.1 Å². The van der Waals surface area contributed by atoms with Crippen molar-refractivity contribution in [1.29, 1.82) is 0 Å². The molecule has 0 aromatic heterocycles. The van der Waals surface area contributed by atoms with Crippen LogP contribution < -0.4 is 4.74 Å². The van der Waals surface area contributed by atoms with Gasteiger partial charge in [-0.1, -0.05) is 19.1 Å². The fraction of sp³-hybridized carbons (Fsp3) is 0.529. The van der Waals surface area contributed by atoms with Crippen LogP contribution in [0.4, 0.5) is 8.78 Å². The van der Waals surface area contributed by atoms with E-state index in [9.17, 15) is 18.4 Å². The van der Waals surface area contributed by atoms with Crippen LogP contribution in [0.2, 0.25) is 0 Å². The number of alkyl halides is 2. The molecule has 1 aromatic rings. The van der Waals surface area contributed by atoms with E-state index >= 15 is 0 Å². The van der Waals surface area contributed by atoms with E-state index in [1.807, 2.05) is 0 Å². The lowest BCUT2D eigenvalue weighted by molar-refractivity contribution is -0.134. The summed E-state index contributed by atoms with van der Waals surface area (Å²) in [4.78, 5) is 28.2. The van der Waals surface area contributed by atoms with Gasteiger partial charge >= 0.3 is 6.61 Å². The summed E-state index contributed by atoms with van der Waals surface area (Å²) in [7, 11) is 0. The molecule has 1 saturated carbocycles. The fourth-order valence-electron chi connectivity index (χ4n) is 3.04. The molecular formula is C17H20F2N2O3. The Morgan fingerprint density at radius 1 is 1.12 bits per heavy atom. The van der Waals surface area contributed by atoms with Crippen molar-refractivity contribution >= 4 is 11.8 Å². The lowest BCUT2D eigenvalue weighted by atomic mass is 10.1. The van der Waals surface area contributed by atoms with Crippen molar-refractivity contribution in [2.75, 3.05) is 26.2 Å². The standard InChI is InChI=1S/C17H20F2N2O3/c1-11-10-13(11)16(23)21-8-6-20(7-9-21)15(22)12-4-2-3-5-14(12)24-17(18)19/h2-5,11,13,17H,6-10H2,1H3. The number of ether oxygens (including phenoxy) is 1. The topological polar surface area (TPSA) is 49.9 Å². The molecule has 24 heavy (non-hydrogen) atoms. The molecule has 130 valence electrons. The number of hydrogen-bond acceptors (Lipinski definition) is 3. The normalized spacial score (nSPS) is 23.3. The second-order valence-corrected chi connectivity index (χ2v) is 6.31. The first-order valence-corrected chi connectivity index (χ1v) is 8.09. The number of para-hydroxylation sites is 1. The van der Waals surface area contributed by atoms with Gasteiger partial charge in [0.05, 0.1) is 5.56 Å². The van der Waals surface area contributed by atoms with E-state index in [1.54, 1.807) is 21.9 Å². The molecule has 2 atom stereocenters. The first-order chi connectivity index (χ1) is 11.5. The molecular weight excluding hydrogens is 318 g/mol. The molecule has 0 spiro atoms. The number of piperazine rings is 1. The first kappa shape index (κ1) is 16.7. The fourth-order valence-corrected chi connectivity index (χ4v) is 3.04. The molecule has 0 bridgehead atoms. The molecule has 2 fully saturated rings. The smallest absolute Gasteiger partial charge is 0.387 e. The monoisotopic (exact) mass is 338 g/mol. The van der Waals surface area contributed by atoms with E-state index in [4.69, 9.17) is 0 Å². The molecule has 2 unspecified atom stereocenters. The lowest BCUT2D eigenvalue weighted by Gasteiger charge is -2.35. The molecule has 0 radical (unpaired) electrons. The summed E-state index contributed by atoms with van der Waals surface area (Å²) in [6.07, 6.45) is 0.941. The second-order valence-electron chi connectivity index (χ2n) is 6.31. The van der Waals surface area contributed by atoms with Crippen LogP contribution >= 0.6 is 0 Å². The maximum absolute atomic E-state index is 12.6. The molecule has 7 heteroatoms. The minimum atomic E-state index is -2.98. The van der Waals surface area contributed by atoms with E-state index in [2.05, 4.69) is 11.7 Å². The maximum atomic E-state index is 12.6. The van der Waals surface area contributed by atoms with Crippen LogP contribution in [0.3, 0.4) is 0 Å². The average Bonchev–Trinajstić information content (AvgIpc) is 3.30. The van der Waals surface area contributed by atoms with Crippen molar-refractivity contribution in [2.24, 2.45) is 11.8 Å². The molecule has 1 aliphatic carbocycles. The molecule has 2 amide bonds. The Hall–Kier alpha value is -2.18. The third-order valence-corrected chi connectivity index (χ3v) is 4.64. The second kappa shape index (κ2) is 6.75. The number of nitrogens with zero attached hydrogens (tertiary/aromatic N) is 2. The number of carbonyl (C=O) groups is 2. The van der Waals surface area contributed by atoms with E-state index in [-0.39, 0.29) is 29.0 Å². The van der Waals surface area contributed by atoms with E-state index < -0.39 is 6.61 Å².